The average Bonchev–Trinajstić information content (AvgIpc) is 2.12. The first-order valence-electron chi connectivity index (χ1n) is 4.34. The molecule has 0 fully saturated rings. The van der Waals surface area contributed by atoms with E-state index in [0.717, 1.165) is 18.7 Å². The highest BCUT2D eigenvalue weighted by atomic mass is 15.0. The molecule has 0 unspecified atom stereocenters. The molecular formula is C10H18N2. The van der Waals surface area contributed by atoms with Gasteiger partial charge in [-0.2, -0.15) is 0 Å². The Labute approximate surface area is 75.1 Å². The molecule has 2 nitrogen and oxygen atoms in total. The van der Waals surface area contributed by atoms with Crippen molar-refractivity contribution >= 4 is 6.21 Å². The van der Waals surface area contributed by atoms with Crippen LogP contribution in [0.25, 0.3) is 0 Å². The van der Waals surface area contributed by atoms with E-state index in [9.17, 15) is 0 Å². The molecule has 0 bridgehead atoms. The molecule has 12 heavy (non-hydrogen) atoms. The van der Waals surface area contributed by atoms with Crippen molar-refractivity contribution in [1.29, 1.82) is 0 Å². The van der Waals surface area contributed by atoms with E-state index < -0.39 is 0 Å². The standard InChI is InChI=1S/C10H18N2/c1-5-8-12-10(11-4)9(6-2)7-3/h5,8,11H,1,6-7H2,2-4H3/b12-8-. The quantitative estimate of drug-likeness (QED) is 0.623. The van der Waals surface area contributed by atoms with Gasteiger partial charge >= 0.3 is 0 Å². The van der Waals surface area contributed by atoms with Gasteiger partial charge in [0.25, 0.3) is 0 Å². The molecule has 0 saturated heterocycles. The summed E-state index contributed by atoms with van der Waals surface area (Å²) in [6, 6.07) is 0. The van der Waals surface area contributed by atoms with Crippen LogP contribution in [0.4, 0.5) is 0 Å². The molecule has 0 aliphatic rings. The summed E-state index contributed by atoms with van der Waals surface area (Å²) in [5.74, 6) is 0.972. The molecule has 2 heteroatoms. The van der Waals surface area contributed by atoms with Gasteiger partial charge in [0.05, 0.1) is 0 Å². The third kappa shape index (κ3) is 3.37. The molecule has 0 rings (SSSR count). The normalized spacial score (nSPS) is 9.92. The van der Waals surface area contributed by atoms with Crippen molar-refractivity contribution < 1.29 is 0 Å². The highest BCUT2D eigenvalue weighted by Crippen LogP contribution is 2.10. The number of rotatable bonds is 5. The lowest BCUT2D eigenvalue weighted by Crippen LogP contribution is -2.06. The first-order chi connectivity index (χ1) is 5.79. The van der Waals surface area contributed by atoms with Crippen molar-refractivity contribution in [2.45, 2.75) is 26.7 Å². The van der Waals surface area contributed by atoms with E-state index in [1.165, 1.54) is 5.57 Å². The summed E-state index contributed by atoms with van der Waals surface area (Å²) >= 11 is 0. The zero-order chi connectivity index (χ0) is 9.40. The second-order valence-corrected chi connectivity index (χ2v) is 2.42. The Bertz CT molecular complexity index is 184. The minimum Gasteiger partial charge on any atom is -0.373 e. The van der Waals surface area contributed by atoms with E-state index in [1.54, 1.807) is 12.3 Å². The number of hydrogen-bond acceptors (Lipinski definition) is 2. The van der Waals surface area contributed by atoms with Crippen LogP contribution in [-0.2, 0) is 0 Å². The summed E-state index contributed by atoms with van der Waals surface area (Å²) < 4.78 is 0. The van der Waals surface area contributed by atoms with Gasteiger partial charge in [-0.05, 0) is 18.4 Å². The lowest BCUT2D eigenvalue weighted by molar-refractivity contribution is 0.859. The predicted molar refractivity (Wildman–Crippen MR) is 55.4 cm³/mol. The first kappa shape index (κ1) is 11.0. The van der Waals surface area contributed by atoms with Gasteiger partial charge in [-0.25, -0.2) is 4.99 Å². The van der Waals surface area contributed by atoms with Crippen LogP contribution in [-0.4, -0.2) is 13.3 Å². The Balaban J connectivity index is 4.56. The first-order valence-corrected chi connectivity index (χ1v) is 4.34. The zero-order valence-electron chi connectivity index (χ0n) is 8.22. The highest BCUT2D eigenvalue weighted by Gasteiger charge is 1.97. The van der Waals surface area contributed by atoms with E-state index >= 15 is 0 Å². The Kier molecular flexibility index (Phi) is 6.07. The Morgan fingerprint density at radius 3 is 2.33 bits per heavy atom. The summed E-state index contributed by atoms with van der Waals surface area (Å²) in [5.41, 5.74) is 1.34. The molecular weight excluding hydrogens is 148 g/mol. The maximum absolute atomic E-state index is 4.23. The number of nitrogens with zero attached hydrogens (tertiary/aromatic N) is 1. The second kappa shape index (κ2) is 6.65. The van der Waals surface area contributed by atoms with Gasteiger partial charge in [-0.15, -0.1) is 0 Å². The van der Waals surface area contributed by atoms with Crippen molar-refractivity contribution in [2.75, 3.05) is 7.05 Å². The molecule has 0 aromatic rings. The van der Waals surface area contributed by atoms with Gasteiger partial charge in [0.2, 0.25) is 0 Å². The summed E-state index contributed by atoms with van der Waals surface area (Å²) in [7, 11) is 1.89. The Morgan fingerprint density at radius 1 is 1.42 bits per heavy atom. The number of hydrogen-bond donors (Lipinski definition) is 1. The fourth-order valence-electron chi connectivity index (χ4n) is 1.04. The summed E-state index contributed by atoms with van der Waals surface area (Å²) in [4.78, 5) is 4.23. The highest BCUT2D eigenvalue weighted by molar-refractivity contribution is 5.71. The third-order valence-corrected chi connectivity index (χ3v) is 1.73. The van der Waals surface area contributed by atoms with Crippen molar-refractivity contribution in [2.24, 2.45) is 4.99 Å². The molecule has 68 valence electrons. The van der Waals surface area contributed by atoms with Gasteiger partial charge < -0.3 is 5.32 Å². The van der Waals surface area contributed by atoms with Gasteiger partial charge in [0.1, 0.15) is 5.82 Å². The van der Waals surface area contributed by atoms with Crippen molar-refractivity contribution in [1.82, 2.24) is 5.32 Å². The van der Waals surface area contributed by atoms with Crippen LogP contribution >= 0.6 is 0 Å². The summed E-state index contributed by atoms with van der Waals surface area (Å²) in [6.45, 7) is 7.86. The third-order valence-electron chi connectivity index (χ3n) is 1.73. The van der Waals surface area contributed by atoms with Gasteiger partial charge in [0.15, 0.2) is 0 Å². The van der Waals surface area contributed by atoms with E-state index in [0.29, 0.717) is 0 Å². The van der Waals surface area contributed by atoms with Crippen LogP contribution in [0.5, 0.6) is 0 Å². The Morgan fingerprint density at radius 2 is 2.00 bits per heavy atom. The lowest BCUT2D eigenvalue weighted by Gasteiger charge is -2.06. The van der Waals surface area contributed by atoms with Crippen molar-refractivity contribution in [3.63, 3.8) is 0 Å². The minimum absolute atomic E-state index is 0.972. The summed E-state index contributed by atoms with van der Waals surface area (Å²) in [5, 5.41) is 3.07. The van der Waals surface area contributed by atoms with E-state index in [1.807, 2.05) is 7.05 Å². The lowest BCUT2D eigenvalue weighted by atomic mass is 10.1. The number of aliphatic imine (C=N–C) groups is 1. The molecule has 0 saturated carbocycles. The predicted octanol–water partition coefficient (Wildman–Crippen LogP) is 2.49. The molecule has 0 aromatic carbocycles. The van der Waals surface area contributed by atoms with Crippen LogP contribution in [0.3, 0.4) is 0 Å². The molecule has 0 radical (unpaired) electrons. The van der Waals surface area contributed by atoms with Crippen LogP contribution in [0.2, 0.25) is 0 Å². The molecule has 0 aliphatic heterocycles. The second-order valence-electron chi connectivity index (χ2n) is 2.42. The van der Waals surface area contributed by atoms with Gasteiger partial charge in [-0.3, -0.25) is 0 Å². The smallest absolute Gasteiger partial charge is 0.124 e. The van der Waals surface area contributed by atoms with Crippen LogP contribution in [0.15, 0.2) is 29.0 Å². The van der Waals surface area contributed by atoms with Crippen LogP contribution in [0.1, 0.15) is 26.7 Å². The maximum atomic E-state index is 4.23. The van der Waals surface area contributed by atoms with Gasteiger partial charge in [-0.1, -0.05) is 26.5 Å². The Hall–Kier alpha value is -1.05. The van der Waals surface area contributed by atoms with E-state index in [2.05, 4.69) is 30.7 Å². The average molecular weight is 166 g/mol. The molecule has 1 N–H and O–H groups in total. The molecule has 0 amide bonds. The maximum Gasteiger partial charge on any atom is 0.124 e. The number of nitrogens with one attached hydrogen (secondary N) is 1. The van der Waals surface area contributed by atoms with Crippen molar-refractivity contribution in [3.8, 4) is 0 Å². The fourth-order valence-corrected chi connectivity index (χ4v) is 1.04. The summed E-state index contributed by atoms with van der Waals surface area (Å²) in [6.07, 6.45) is 5.47. The topological polar surface area (TPSA) is 24.4 Å². The van der Waals surface area contributed by atoms with Crippen LogP contribution in [0, 0.1) is 0 Å². The molecule has 0 heterocycles. The van der Waals surface area contributed by atoms with Crippen LogP contribution < -0.4 is 5.32 Å². The largest absolute Gasteiger partial charge is 0.373 e. The fraction of sp³-hybridized carbons (Fsp3) is 0.500. The molecule has 0 aliphatic carbocycles. The minimum atomic E-state index is 0.972. The zero-order valence-corrected chi connectivity index (χ0v) is 8.22. The van der Waals surface area contributed by atoms with Gasteiger partial charge in [0, 0.05) is 13.3 Å². The SMILES string of the molecule is C=C/C=N\C(NC)=C(CC)CC. The van der Waals surface area contributed by atoms with Crippen molar-refractivity contribution in [3.05, 3.63) is 24.0 Å². The molecule has 0 spiro atoms. The molecule has 0 aromatic heterocycles. The van der Waals surface area contributed by atoms with E-state index in [-0.39, 0.29) is 0 Å². The monoisotopic (exact) mass is 166 g/mol. The van der Waals surface area contributed by atoms with E-state index in [4.69, 9.17) is 0 Å². The molecule has 0 atom stereocenters. The number of allylic oxidation sites excluding steroid dienone is 2.